The van der Waals surface area contributed by atoms with E-state index in [-0.39, 0.29) is 0 Å². The van der Waals surface area contributed by atoms with Gasteiger partial charge in [-0.05, 0) is 97.9 Å². The molecule has 2 heterocycles. The molecule has 0 amide bonds. The fourth-order valence-electron chi connectivity index (χ4n) is 7.00. The molecule has 0 radical (unpaired) electrons. The van der Waals surface area contributed by atoms with Crippen molar-refractivity contribution in [1.29, 1.82) is 0 Å². The van der Waals surface area contributed by atoms with Crippen molar-refractivity contribution in [1.82, 2.24) is 9.97 Å². The van der Waals surface area contributed by atoms with E-state index in [1.54, 1.807) is 0 Å². The molecule has 9 aromatic rings. The number of fused-ring (bicyclic) bond motifs is 1. The first-order valence-electron chi connectivity index (χ1n) is 17.6. The fourth-order valence-corrected chi connectivity index (χ4v) is 7.00. The molecule has 244 valence electrons. The van der Waals surface area contributed by atoms with Crippen molar-refractivity contribution in [3.63, 3.8) is 0 Å². The first kappa shape index (κ1) is 31.1. The lowest BCUT2D eigenvalue weighted by Crippen LogP contribution is -1.94. The highest BCUT2D eigenvalue weighted by Crippen LogP contribution is 2.36. The lowest BCUT2D eigenvalue weighted by Gasteiger charge is -2.13. The molecule has 0 unspecified atom stereocenters. The zero-order chi connectivity index (χ0) is 34.7. The van der Waals surface area contributed by atoms with Crippen LogP contribution in [0.25, 0.3) is 89.1 Å². The van der Waals surface area contributed by atoms with Crippen molar-refractivity contribution < 1.29 is 0 Å². The Bertz CT molecular complexity index is 2590. The summed E-state index contributed by atoms with van der Waals surface area (Å²) in [5.41, 5.74) is 15.4. The second-order valence-electron chi connectivity index (χ2n) is 13.1. The van der Waals surface area contributed by atoms with Gasteiger partial charge in [0.25, 0.3) is 0 Å². The SMILES string of the molecule is c1ccc(-c2ccc(-c3nc(-c4cccc(-c5cccc(-c6cc(-c7ccccc7)cc(-c7ccccc7)c6)c5)c4)cc4ccccc34)nc2)cc1. The molecule has 52 heavy (non-hydrogen) atoms. The highest BCUT2D eigenvalue weighted by Gasteiger charge is 2.13. The summed E-state index contributed by atoms with van der Waals surface area (Å²) >= 11 is 0. The Morgan fingerprint density at radius 3 is 1.29 bits per heavy atom. The van der Waals surface area contributed by atoms with Crippen LogP contribution in [-0.2, 0) is 0 Å². The van der Waals surface area contributed by atoms with E-state index in [0.717, 1.165) is 55.7 Å². The maximum atomic E-state index is 5.26. The summed E-state index contributed by atoms with van der Waals surface area (Å²) in [6.45, 7) is 0. The van der Waals surface area contributed by atoms with Gasteiger partial charge in [-0.25, -0.2) is 4.98 Å². The summed E-state index contributed by atoms with van der Waals surface area (Å²) in [6.07, 6.45) is 1.94. The Hall–Kier alpha value is -6.90. The third kappa shape index (κ3) is 6.30. The molecular weight excluding hydrogens is 629 g/mol. The van der Waals surface area contributed by atoms with Gasteiger partial charge >= 0.3 is 0 Å². The van der Waals surface area contributed by atoms with Crippen LogP contribution >= 0.6 is 0 Å². The molecule has 7 aromatic carbocycles. The average molecular weight is 663 g/mol. The molecule has 0 saturated carbocycles. The van der Waals surface area contributed by atoms with Crippen molar-refractivity contribution in [2.75, 3.05) is 0 Å². The van der Waals surface area contributed by atoms with E-state index in [1.807, 2.05) is 12.3 Å². The van der Waals surface area contributed by atoms with E-state index >= 15 is 0 Å². The lowest BCUT2D eigenvalue weighted by atomic mass is 9.92. The Morgan fingerprint density at radius 2 is 0.712 bits per heavy atom. The smallest absolute Gasteiger partial charge is 0.0971 e. The third-order valence-electron chi connectivity index (χ3n) is 9.69. The molecule has 0 N–H and O–H groups in total. The van der Waals surface area contributed by atoms with Crippen LogP contribution in [0.5, 0.6) is 0 Å². The van der Waals surface area contributed by atoms with Crippen LogP contribution in [0.15, 0.2) is 206 Å². The predicted octanol–water partition coefficient (Wildman–Crippen LogP) is 13.3. The summed E-state index contributed by atoms with van der Waals surface area (Å²) in [5, 5.41) is 2.22. The molecule has 0 aliphatic rings. The standard InChI is InChI=1S/C50H34N2/c1-4-14-35(15-5-1)43-26-27-48(51-34-43)50-47-25-11-10-20-41(47)33-49(52-50)42-24-13-22-39(29-42)38-21-12-23-40(28-38)46-31-44(36-16-6-2-7-17-36)30-45(32-46)37-18-8-3-9-19-37/h1-34H. The van der Waals surface area contributed by atoms with Crippen LogP contribution in [0.3, 0.4) is 0 Å². The fraction of sp³-hybridized carbons (Fsp3) is 0. The maximum absolute atomic E-state index is 5.26. The van der Waals surface area contributed by atoms with Crippen molar-refractivity contribution in [3.05, 3.63) is 206 Å². The number of pyridine rings is 2. The van der Waals surface area contributed by atoms with Crippen LogP contribution < -0.4 is 0 Å². The minimum absolute atomic E-state index is 0.856. The topological polar surface area (TPSA) is 25.8 Å². The van der Waals surface area contributed by atoms with Gasteiger partial charge in [0.15, 0.2) is 0 Å². The number of nitrogens with zero attached hydrogens (tertiary/aromatic N) is 2. The van der Waals surface area contributed by atoms with Crippen LogP contribution in [0.4, 0.5) is 0 Å². The Balaban J connectivity index is 1.10. The van der Waals surface area contributed by atoms with Gasteiger partial charge in [0.05, 0.1) is 17.1 Å². The zero-order valence-corrected chi connectivity index (χ0v) is 28.5. The second kappa shape index (κ2) is 13.8. The highest BCUT2D eigenvalue weighted by molar-refractivity contribution is 5.96. The van der Waals surface area contributed by atoms with E-state index in [4.69, 9.17) is 9.97 Å². The van der Waals surface area contributed by atoms with Gasteiger partial charge in [-0.1, -0.05) is 158 Å². The molecular formula is C50H34N2. The van der Waals surface area contributed by atoms with E-state index < -0.39 is 0 Å². The number of aromatic nitrogens is 2. The monoisotopic (exact) mass is 662 g/mol. The predicted molar refractivity (Wildman–Crippen MR) is 218 cm³/mol. The molecule has 0 saturated heterocycles. The minimum Gasteiger partial charge on any atom is -0.254 e. The molecule has 0 fully saturated rings. The van der Waals surface area contributed by atoms with Gasteiger partial charge < -0.3 is 0 Å². The molecule has 0 spiro atoms. The van der Waals surface area contributed by atoms with E-state index in [1.165, 1.54) is 33.4 Å². The summed E-state index contributed by atoms with van der Waals surface area (Å²) in [5.74, 6) is 0. The summed E-state index contributed by atoms with van der Waals surface area (Å²) in [7, 11) is 0. The molecule has 0 aliphatic heterocycles. The van der Waals surface area contributed by atoms with Crippen LogP contribution in [-0.4, -0.2) is 9.97 Å². The third-order valence-corrected chi connectivity index (χ3v) is 9.69. The molecule has 9 rings (SSSR count). The number of hydrogen-bond acceptors (Lipinski definition) is 2. The second-order valence-corrected chi connectivity index (χ2v) is 13.1. The molecule has 2 heteroatoms. The quantitative estimate of drug-likeness (QED) is 0.170. The molecule has 0 bridgehead atoms. The Labute approximate surface area is 304 Å². The van der Waals surface area contributed by atoms with Gasteiger partial charge in [0, 0.05) is 22.7 Å². The summed E-state index contributed by atoms with van der Waals surface area (Å²) in [4.78, 5) is 10.2. The van der Waals surface area contributed by atoms with Crippen molar-refractivity contribution in [3.8, 4) is 78.3 Å². The van der Waals surface area contributed by atoms with Crippen molar-refractivity contribution in [2.45, 2.75) is 0 Å². The van der Waals surface area contributed by atoms with E-state index in [2.05, 4.69) is 194 Å². The highest BCUT2D eigenvalue weighted by atomic mass is 14.8. The van der Waals surface area contributed by atoms with E-state index in [0.29, 0.717) is 0 Å². The first-order valence-corrected chi connectivity index (χ1v) is 17.6. The normalized spacial score (nSPS) is 11.1. The number of rotatable bonds is 7. The van der Waals surface area contributed by atoms with E-state index in [9.17, 15) is 0 Å². The maximum Gasteiger partial charge on any atom is 0.0971 e. The average Bonchev–Trinajstić information content (AvgIpc) is 3.24. The summed E-state index contributed by atoms with van der Waals surface area (Å²) < 4.78 is 0. The van der Waals surface area contributed by atoms with Crippen molar-refractivity contribution >= 4 is 10.8 Å². The molecule has 0 aliphatic carbocycles. The largest absolute Gasteiger partial charge is 0.254 e. The van der Waals surface area contributed by atoms with Crippen molar-refractivity contribution in [2.24, 2.45) is 0 Å². The molecule has 0 atom stereocenters. The first-order chi connectivity index (χ1) is 25.7. The summed E-state index contributed by atoms with van der Waals surface area (Å²) in [6, 6.07) is 70.9. The minimum atomic E-state index is 0.856. The molecule has 2 nitrogen and oxygen atoms in total. The lowest BCUT2D eigenvalue weighted by molar-refractivity contribution is 1.27. The number of benzene rings is 7. The van der Waals surface area contributed by atoms with Gasteiger partial charge in [0.1, 0.15) is 0 Å². The van der Waals surface area contributed by atoms with Crippen LogP contribution in [0, 0.1) is 0 Å². The van der Waals surface area contributed by atoms with Gasteiger partial charge in [-0.3, -0.25) is 4.98 Å². The Kier molecular flexibility index (Phi) is 8.24. The van der Waals surface area contributed by atoms with Crippen LogP contribution in [0.1, 0.15) is 0 Å². The van der Waals surface area contributed by atoms with Gasteiger partial charge in [-0.2, -0.15) is 0 Å². The van der Waals surface area contributed by atoms with Crippen LogP contribution in [0.2, 0.25) is 0 Å². The molecule has 2 aromatic heterocycles. The zero-order valence-electron chi connectivity index (χ0n) is 28.5. The number of hydrogen-bond donors (Lipinski definition) is 0. The van der Waals surface area contributed by atoms with Gasteiger partial charge in [0.2, 0.25) is 0 Å². The Morgan fingerprint density at radius 1 is 0.269 bits per heavy atom. The van der Waals surface area contributed by atoms with Gasteiger partial charge in [-0.15, -0.1) is 0 Å².